The Morgan fingerprint density at radius 3 is 2.86 bits per heavy atom. The van der Waals surface area contributed by atoms with Crippen molar-refractivity contribution in [1.29, 1.82) is 0 Å². The van der Waals surface area contributed by atoms with Gasteiger partial charge in [-0.05, 0) is 31.9 Å². The molecule has 1 saturated heterocycles. The molecule has 0 spiro atoms. The number of likely N-dealkylation sites (tertiary alicyclic amines) is 1. The van der Waals surface area contributed by atoms with E-state index in [9.17, 15) is 4.79 Å². The summed E-state index contributed by atoms with van der Waals surface area (Å²) in [5.41, 5.74) is 2.32. The van der Waals surface area contributed by atoms with E-state index in [1.54, 1.807) is 23.0 Å². The fourth-order valence-electron chi connectivity index (χ4n) is 2.97. The molecule has 0 aliphatic carbocycles. The number of amides is 1. The molecule has 0 unspecified atom stereocenters. The lowest BCUT2D eigenvalue weighted by Crippen LogP contribution is -2.31. The van der Waals surface area contributed by atoms with Crippen LogP contribution in [0.4, 0.5) is 0 Å². The molecule has 1 atom stereocenters. The highest BCUT2D eigenvalue weighted by Crippen LogP contribution is 2.38. The molecule has 0 saturated carbocycles. The first kappa shape index (κ1) is 14.1. The van der Waals surface area contributed by atoms with E-state index in [1.165, 1.54) is 0 Å². The third-order valence-corrected chi connectivity index (χ3v) is 4.38. The molecule has 5 nitrogen and oxygen atoms in total. The third kappa shape index (κ3) is 2.42. The minimum absolute atomic E-state index is 0.0132. The second-order valence-electron chi connectivity index (χ2n) is 5.29. The van der Waals surface area contributed by atoms with Gasteiger partial charge in [0.1, 0.15) is 10.8 Å². The lowest BCUT2D eigenvalue weighted by Gasteiger charge is -2.24. The van der Waals surface area contributed by atoms with E-state index in [-0.39, 0.29) is 11.9 Å². The second-order valence-corrected chi connectivity index (χ2v) is 5.64. The molecule has 0 N–H and O–H groups in total. The SMILES string of the molecule is Cc1nn(C)c(Cl)c1[C@H]1CCCN1C(=O)c1ccccn1. The third-order valence-electron chi connectivity index (χ3n) is 3.93. The summed E-state index contributed by atoms with van der Waals surface area (Å²) in [6.07, 6.45) is 3.51. The number of carbonyl (C=O) groups is 1. The van der Waals surface area contributed by atoms with E-state index in [4.69, 9.17) is 11.6 Å². The number of halogens is 1. The van der Waals surface area contributed by atoms with Crippen molar-refractivity contribution in [2.45, 2.75) is 25.8 Å². The van der Waals surface area contributed by atoms with Crippen molar-refractivity contribution in [2.75, 3.05) is 6.54 Å². The minimum atomic E-state index is -0.0441. The average Bonchev–Trinajstić information content (AvgIpc) is 3.05. The number of pyridine rings is 1. The van der Waals surface area contributed by atoms with Crippen molar-refractivity contribution in [3.63, 3.8) is 0 Å². The van der Waals surface area contributed by atoms with Gasteiger partial charge in [-0.15, -0.1) is 0 Å². The highest BCUT2D eigenvalue weighted by Gasteiger charge is 2.34. The van der Waals surface area contributed by atoms with Crippen LogP contribution in [-0.2, 0) is 7.05 Å². The van der Waals surface area contributed by atoms with Crippen LogP contribution < -0.4 is 0 Å². The molecule has 110 valence electrons. The molecule has 0 radical (unpaired) electrons. The van der Waals surface area contributed by atoms with Crippen molar-refractivity contribution in [1.82, 2.24) is 19.7 Å². The van der Waals surface area contributed by atoms with Crippen LogP contribution in [0, 0.1) is 6.92 Å². The molecule has 1 aliphatic heterocycles. The van der Waals surface area contributed by atoms with Gasteiger partial charge in [0.2, 0.25) is 0 Å². The van der Waals surface area contributed by atoms with Crippen LogP contribution in [0.3, 0.4) is 0 Å². The molecule has 3 heterocycles. The molecule has 0 bridgehead atoms. The quantitative estimate of drug-likeness (QED) is 0.857. The van der Waals surface area contributed by atoms with Crippen LogP contribution in [0.25, 0.3) is 0 Å². The minimum Gasteiger partial charge on any atom is -0.330 e. The summed E-state index contributed by atoms with van der Waals surface area (Å²) in [6, 6.07) is 5.37. The Bertz CT molecular complexity index is 668. The number of carbonyl (C=O) groups excluding carboxylic acids is 1. The van der Waals surface area contributed by atoms with Crippen LogP contribution in [0.5, 0.6) is 0 Å². The van der Waals surface area contributed by atoms with Gasteiger partial charge in [0.15, 0.2) is 0 Å². The maximum atomic E-state index is 12.7. The van der Waals surface area contributed by atoms with Crippen LogP contribution in [-0.4, -0.2) is 32.1 Å². The Morgan fingerprint density at radius 1 is 1.43 bits per heavy atom. The van der Waals surface area contributed by atoms with Crippen molar-refractivity contribution in [3.05, 3.63) is 46.5 Å². The maximum absolute atomic E-state index is 12.7. The van der Waals surface area contributed by atoms with Crippen molar-refractivity contribution >= 4 is 17.5 Å². The number of hydrogen-bond acceptors (Lipinski definition) is 3. The van der Waals surface area contributed by atoms with E-state index < -0.39 is 0 Å². The van der Waals surface area contributed by atoms with Gasteiger partial charge in [0.05, 0.1) is 11.7 Å². The van der Waals surface area contributed by atoms with Gasteiger partial charge < -0.3 is 4.90 Å². The predicted molar refractivity (Wildman–Crippen MR) is 80.2 cm³/mol. The second kappa shape index (κ2) is 5.48. The molecular formula is C15H17ClN4O. The first-order valence-electron chi connectivity index (χ1n) is 7.00. The summed E-state index contributed by atoms with van der Waals surface area (Å²) in [5.74, 6) is -0.0441. The van der Waals surface area contributed by atoms with Crippen LogP contribution in [0.1, 0.15) is 40.6 Å². The summed E-state index contributed by atoms with van der Waals surface area (Å²) in [7, 11) is 1.82. The van der Waals surface area contributed by atoms with Gasteiger partial charge in [-0.1, -0.05) is 17.7 Å². The molecular weight excluding hydrogens is 288 g/mol. The molecule has 2 aromatic heterocycles. The molecule has 6 heteroatoms. The molecule has 3 rings (SSSR count). The topological polar surface area (TPSA) is 51.0 Å². The van der Waals surface area contributed by atoms with Crippen LogP contribution >= 0.6 is 11.6 Å². The van der Waals surface area contributed by atoms with Gasteiger partial charge in [-0.3, -0.25) is 14.5 Å². The molecule has 2 aromatic rings. The smallest absolute Gasteiger partial charge is 0.272 e. The van der Waals surface area contributed by atoms with Crippen LogP contribution in [0.15, 0.2) is 24.4 Å². The van der Waals surface area contributed by atoms with E-state index in [0.29, 0.717) is 10.8 Å². The molecule has 21 heavy (non-hydrogen) atoms. The Morgan fingerprint density at radius 2 is 2.24 bits per heavy atom. The normalized spacial score (nSPS) is 18.2. The standard InChI is InChI=1S/C15H17ClN4O/c1-10-13(14(16)19(2)18-10)12-7-5-9-20(12)15(21)11-6-3-4-8-17-11/h3-4,6,8,12H,5,7,9H2,1-2H3/t12-/m1/s1. The summed E-state index contributed by atoms with van der Waals surface area (Å²) in [5, 5.41) is 4.96. The highest BCUT2D eigenvalue weighted by atomic mass is 35.5. The molecule has 0 aromatic carbocycles. The average molecular weight is 305 g/mol. The summed E-state index contributed by atoms with van der Waals surface area (Å²) in [4.78, 5) is 18.7. The van der Waals surface area contributed by atoms with Crippen molar-refractivity contribution < 1.29 is 4.79 Å². The Hall–Kier alpha value is -1.88. The Balaban J connectivity index is 1.94. The van der Waals surface area contributed by atoms with Gasteiger partial charge in [0, 0.05) is 25.4 Å². The van der Waals surface area contributed by atoms with E-state index in [0.717, 1.165) is 30.6 Å². The van der Waals surface area contributed by atoms with Gasteiger partial charge in [-0.25, -0.2) is 0 Å². The summed E-state index contributed by atoms with van der Waals surface area (Å²) < 4.78 is 1.66. The zero-order valence-electron chi connectivity index (χ0n) is 12.1. The van der Waals surface area contributed by atoms with Gasteiger partial charge >= 0.3 is 0 Å². The maximum Gasteiger partial charge on any atom is 0.272 e. The largest absolute Gasteiger partial charge is 0.330 e. The fraction of sp³-hybridized carbons (Fsp3) is 0.400. The number of aryl methyl sites for hydroxylation is 2. The Kier molecular flexibility index (Phi) is 3.68. The number of rotatable bonds is 2. The van der Waals surface area contributed by atoms with E-state index >= 15 is 0 Å². The van der Waals surface area contributed by atoms with Gasteiger partial charge in [0.25, 0.3) is 5.91 Å². The first-order valence-corrected chi connectivity index (χ1v) is 7.38. The summed E-state index contributed by atoms with van der Waals surface area (Å²) >= 11 is 6.36. The zero-order chi connectivity index (χ0) is 15.0. The predicted octanol–water partition coefficient (Wildman–Crippen LogP) is 2.75. The lowest BCUT2D eigenvalue weighted by molar-refractivity contribution is 0.0729. The van der Waals surface area contributed by atoms with Crippen molar-refractivity contribution in [3.8, 4) is 0 Å². The number of nitrogens with zero attached hydrogens (tertiary/aromatic N) is 4. The Labute approximate surface area is 128 Å². The fourth-order valence-corrected chi connectivity index (χ4v) is 3.27. The number of aromatic nitrogens is 3. The van der Waals surface area contributed by atoms with Gasteiger partial charge in [-0.2, -0.15) is 5.10 Å². The molecule has 1 aliphatic rings. The van der Waals surface area contributed by atoms with E-state index in [1.807, 2.05) is 24.9 Å². The monoisotopic (exact) mass is 304 g/mol. The highest BCUT2D eigenvalue weighted by molar-refractivity contribution is 6.30. The molecule has 1 fully saturated rings. The van der Waals surface area contributed by atoms with E-state index in [2.05, 4.69) is 10.1 Å². The zero-order valence-corrected chi connectivity index (χ0v) is 12.8. The lowest BCUT2D eigenvalue weighted by atomic mass is 10.1. The summed E-state index contributed by atoms with van der Waals surface area (Å²) in [6.45, 7) is 2.66. The molecule has 1 amide bonds. The van der Waals surface area contributed by atoms with Crippen LogP contribution in [0.2, 0.25) is 5.15 Å². The first-order chi connectivity index (χ1) is 10.1. The van der Waals surface area contributed by atoms with Crippen molar-refractivity contribution in [2.24, 2.45) is 7.05 Å². The number of hydrogen-bond donors (Lipinski definition) is 0.